The second kappa shape index (κ2) is 5.82. The Labute approximate surface area is 122 Å². The summed E-state index contributed by atoms with van der Waals surface area (Å²) in [6, 6.07) is 6.15. The number of aliphatic carboxylic acids is 1. The first-order chi connectivity index (χ1) is 9.90. The molecule has 0 unspecified atom stereocenters. The van der Waals surface area contributed by atoms with Crippen molar-refractivity contribution in [2.45, 2.75) is 19.9 Å². The highest BCUT2D eigenvalue weighted by molar-refractivity contribution is 6.09. The maximum Gasteiger partial charge on any atom is 0.325 e. The molecule has 0 atom stereocenters. The number of carboxylic acid groups (broad SMARTS) is 1. The molecule has 2 N–H and O–H groups in total. The number of benzene rings is 1. The first-order valence-electron chi connectivity index (χ1n) is 6.59. The molecule has 3 amide bonds. The number of carbonyl (C=O) groups is 3. The van der Waals surface area contributed by atoms with Crippen LogP contribution >= 0.6 is 0 Å². The zero-order chi connectivity index (χ0) is 15.6. The molecule has 1 aromatic carbocycles. The van der Waals surface area contributed by atoms with E-state index >= 15 is 0 Å². The molecule has 0 fully saturated rings. The number of carbonyl (C=O) groups excluding carboxylic acids is 2. The largest absolute Gasteiger partial charge is 0.480 e. The topological polar surface area (TPSA) is 90.0 Å². The summed E-state index contributed by atoms with van der Waals surface area (Å²) >= 11 is 0. The highest BCUT2D eigenvalue weighted by atomic mass is 16.4. The van der Waals surface area contributed by atoms with E-state index in [0.717, 1.165) is 0 Å². The molecular formula is C14H17N3O4. The van der Waals surface area contributed by atoms with Crippen LogP contribution in [0.3, 0.4) is 0 Å². The van der Waals surface area contributed by atoms with E-state index in [2.05, 4.69) is 5.32 Å². The van der Waals surface area contributed by atoms with Crippen LogP contribution in [0.4, 0.5) is 16.2 Å². The Morgan fingerprint density at radius 2 is 2.05 bits per heavy atom. The number of urea groups is 1. The van der Waals surface area contributed by atoms with Gasteiger partial charge in [0.05, 0.1) is 11.4 Å². The quantitative estimate of drug-likeness (QED) is 0.880. The first-order valence-corrected chi connectivity index (χ1v) is 6.59. The van der Waals surface area contributed by atoms with Gasteiger partial charge in [-0.2, -0.15) is 0 Å². The van der Waals surface area contributed by atoms with Crippen molar-refractivity contribution in [3.05, 3.63) is 24.3 Å². The lowest BCUT2D eigenvalue weighted by atomic mass is 10.2. The third-order valence-electron chi connectivity index (χ3n) is 3.18. The lowest BCUT2D eigenvalue weighted by Crippen LogP contribution is -2.52. The Hall–Kier alpha value is -2.57. The fourth-order valence-corrected chi connectivity index (χ4v) is 2.18. The van der Waals surface area contributed by atoms with E-state index in [4.69, 9.17) is 5.11 Å². The van der Waals surface area contributed by atoms with E-state index in [0.29, 0.717) is 11.4 Å². The van der Waals surface area contributed by atoms with Crippen molar-refractivity contribution in [1.29, 1.82) is 0 Å². The van der Waals surface area contributed by atoms with Crippen LogP contribution in [0.15, 0.2) is 24.3 Å². The van der Waals surface area contributed by atoms with Crippen LogP contribution in [0.25, 0.3) is 0 Å². The maximum absolute atomic E-state index is 12.6. The molecule has 1 heterocycles. The number of para-hydroxylation sites is 2. The summed E-state index contributed by atoms with van der Waals surface area (Å²) in [5.41, 5.74) is 1.11. The molecular weight excluding hydrogens is 274 g/mol. The van der Waals surface area contributed by atoms with E-state index in [1.165, 1.54) is 9.80 Å². The van der Waals surface area contributed by atoms with Crippen molar-refractivity contribution in [1.82, 2.24) is 4.90 Å². The molecule has 21 heavy (non-hydrogen) atoms. The SMILES string of the molecule is CC(C)N(CC(=O)O)C(=O)N1CC(=O)Nc2ccccc21. The number of carboxylic acids is 1. The van der Waals surface area contributed by atoms with Crippen molar-refractivity contribution in [2.75, 3.05) is 23.3 Å². The molecule has 2 rings (SSSR count). The summed E-state index contributed by atoms with van der Waals surface area (Å²) < 4.78 is 0. The zero-order valence-corrected chi connectivity index (χ0v) is 11.9. The lowest BCUT2D eigenvalue weighted by molar-refractivity contribution is -0.138. The van der Waals surface area contributed by atoms with Crippen LogP contribution in [0.1, 0.15) is 13.8 Å². The van der Waals surface area contributed by atoms with Crippen molar-refractivity contribution in [2.24, 2.45) is 0 Å². The molecule has 0 radical (unpaired) electrons. The smallest absolute Gasteiger partial charge is 0.325 e. The Bertz CT molecular complexity index is 585. The van der Waals surface area contributed by atoms with Gasteiger partial charge in [0, 0.05) is 6.04 Å². The molecule has 112 valence electrons. The van der Waals surface area contributed by atoms with Gasteiger partial charge in [0.15, 0.2) is 0 Å². The maximum atomic E-state index is 12.6. The summed E-state index contributed by atoms with van der Waals surface area (Å²) in [5, 5.41) is 11.6. The summed E-state index contributed by atoms with van der Waals surface area (Å²) in [6.45, 7) is 2.93. The normalized spacial score (nSPS) is 13.7. The average molecular weight is 291 g/mol. The molecule has 1 aliphatic heterocycles. The molecule has 0 bridgehead atoms. The third kappa shape index (κ3) is 3.13. The minimum Gasteiger partial charge on any atom is -0.480 e. The molecule has 7 nitrogen and oxygen atoms in total. The molecule has 1 aromatic rings. The van der Waals surface area contributed by atoms with Gasteiger partial charge in [-0.15, -0.1) is 0 Å². The van der Waals surface area contributed by atoms with Crippen molar-refractivity contribution < 1.29 is 19.5 Å². The van der Waals surface area contributed by atoms with E-state index in [9.17, 15) is 14.4 Å². The summed E-state index contributed by atoms with van der Waals surface area (Å²) in [6.07, 6.45) is 0. The highest BCUT2D eigenvalue weighted by Crippen LogP contribution is 2.29. The number of hydrogen-bond acceptors (Lipinski definition) is 3. The Balaban J connectivity index is 2.33. The van der Waals surface area contributed by atoms with Crippen LogP contribution in [0, 0.1) is 0 Å². The van der Waals surface area contributed by atoms with Gasteiger partial charge >= 0.3 is 12.0 Å². The minimum atomic E-state index is -1.09. The van der Waals surface area contributed by atoms with Gasteiger partial charge in [-0.05, 0) is 26.0 Å². The van der Waals surface area contributed by atoms with E-state index in [1.807, 2.05) is 0 Å². The molecule has 7 heteroatoms. The Morgan fingerprint density at radius 1 is 1.38 bits per heavy atom. The fraction of sp³-hybridized carbons (Fsp3) is 0.357. The van der Waals surface area contributed by atoms with Crippen molar-refractivity contribution in [3.63, 3.8) is 0 Å². The second-order valence-electron chi connectivity index (χ2n) is 5.05. The number of fused-ring (bicyclic) bond motifs is 1. The average Bonchev–Trinajstić information content (AvgIpc) is 2.42. The number of amides is 3. The standard InChI is InChI=1S/C14H17N3O4/c1-9(2)16(8-13(19)20)14(21)17-7-12(18)15-10-5-3-4-6-11(10)17/h3-6,9H,7-8H2,1-2H3,(H,15,18)(H,19,20). The fourth-order valence-electron chi connectivity index (χ4n) is 2.18. The molecule has 0 saturated heterocycles. The zero-order valence-electron chi connectivity index (χ0n) is 11.9. The highest BCUT2D eigenvalue weighted by Gasteiger charge is 2.31. The van der Waals surface area contributed by atoms with Gasteiger partial charge in [-0.25, -0.2) is 4.79 Å². The minimum absolute atomic E-state index is 0.126. The van der Waals surface area contributed by atoms with Gasteiger partial charge in [0.25, 0.3) is 0 Å². The predicted octanol–water partition coefficient (Wildman–Crippen LogP) is 1.36. The van der Waals surface area contributed by atoms with Crippen LogP contribution in [0.2, 0.25) is 0 Å². The Kier molecular flexibility index (Phi) is 4.11. The van der Waals surface area contributed by atoms with Crippen LogP contribution < -0.4 is 10.2 Å². The van der Waals surface area contributed by atoms with Crippen LogP contribution in [0.5, 0.6) is 0 Å². The lowest BCUT2D eigenvalue weighted by Gasteiger charge is -2.35. The molecule has 0 spiro atoms. The molecule has 0 aromatic heterocycles. The van der Waals surface area contributed by atoms with E-state index < -0.39 is 18.5 Å². The predicted molar refractivity (Wildman–Crippen MR) is 77.3 cm³/mol. The number of rotatable bonds is 3. The summed E-state index contributed by atoms with van der Waals surface area (Å²) in [5.74, 6) is -1.40. The van der Waals surface area contributed by atoms with Gasteiger partial charge in [-0.3, -0.25) is 14.5 Å². The molecule has 0 aliphatic carbocycles. The monoisotopic (exact) mass is 291 g/mol. The number of anilines is 2. The van der Waals surface area contributed by atoms with E-state index in [1.54, 1.807) is 38.1 Å². The van der Waals surface area contributed by atoms with Gasteiger partial charge < -0.3 is 15.3 Å². The third-order valence-corrected chi connectivity index (χ3v) is 3.18. The summed E-state index contributed by atoms with van der Waals surface area (Å²) in [7, 11) is 0. The van der Waals surface area contributed by atoms with Crippen molar-refractivity contribution in [3.8, 4) is 0 Å². The Morgan fingerprint density at radius 3 is 2.67 bits per heavy atom. The van der Waals surface area contributed by atoms with E-state index in [-0.39, 0.29) is 18.5 Å². The first kappa shape index (κ1) is 14.8. The summed E-state index contributed by atoms with van der Waals surface area (Å²) in [4.78, 5) is 37.7. The molecule has 0 saturated carbocycles. The van der Waals surface area contributed by atoms with Crippen LogP contribution in [-0.2, 0) is 9.59 Å². The van der Waals surface area contributed by atoms with Gasteiger partial charge in [0.2, 0.25) is 5.91 Å². The second-order valence-corrected chi connectivity index (χ2v) is 5.05. The van der Waals surface area contributed by atoms with Gasteiger partial charge in [0.1, 0.15) is 13.1 Å². The number of nitrogens with zero attached hydrogens (tertiary/aromatic N) is 2. The number of nitrogens with one attached hydrogen (secondary N) is 1. The molecule has 1 aliphatic rings. The van der Waals surface area contributed by atoms with Gasteiger partial charge in [-0.1, -0.05) is 12.1 Å². The van der Waals surface area contributed by atoms with Crippen molar-refractivity contribution >= 4 is 29.3 Å². The number of hydrogen-bond donors (Lipinski definition) is 2. The van der Waals surface area contributed by atoms with Crippen LogP contribution in [-0.4, -0.2) is 47.0 Å².